The Morgan fingerprint density at radius 3 is 2.15 bits per heavy atom. The monoisotopic (exact) mass is 639 g/mol. The fraction of sp³-hybridized carbons (Fsp3) is 0.618. The van der Waals surface area contributed by atoms with Crippen LogP contribution < -0.4 is 15.0 Å². The third-order valence-electron chi connectivity index (χ3n) is 10.4. The quantitative estimate of drug-likeness (QED) is 0.478. The number of rotatable bonds is 5. The maximum absolute atomic E-state index is 14.0. The van der Waals surface area contributed by atoms with E-state index in [1.54, 1.807) is 7.11 Å². The molecule has 1 N–H and O–H groups in total. The molecule has 0 bridgehead atoms. The summed E-state index contributed by atoms with van der Waals surface area (Å²) in [6, 6.07) is 3.65. The van der Waals surface area contributed by atoms with Crippen molar-refractivity contribution in [2.75, 3.05) is 66.6 Å². The number of fused-ring (bicyclic) bond motifs is 6. The minimum Gasteiger partial charge on any atom is -0.496 e. The van der Waals surface area contributed by atoms with Crippen molar-refractivity contribution in [3.05, 3.63) is 45.7 Å². The molecule has 6 rings (SSSR count). The normalized spacial score (nSPS) is 29.0. The van der Waals surface area contributed by atoms with Gasteiger partial charge in [0.15, 0.2) is 0 Å². The van der Waals surface area contributed by atoms with E-state index in [2.05, 4.69) is 15.1 Å². The molecule has 3 aliphatic carbocycles. The van der Waals surface area contributed by atoms with Crippen molar-refractivity contribution in [2.45, 2.75) is 58.2 Å². The molecule has 4 atom stereocenters. The predicted octanol–water partition coefficient (Wildman–Crippen LogP) is 2.64. The van der Waals surface area contributed by atoms with Crippen LogP contribution in [0.4, 0.5) is 5.69 Å². The van der Waals surface area contributed by atoms with Crippen LogP contribution in [0.5, 0.6) is 5.75 Å². The van der Waals surface area contributed by atoms with Crippen LogP contribution in [0.1, 0.15) is 45.2 Å². The number of hydrogen-bond acceptors (Lipinski definition) is 11. The molecule has 46 heavy (non-hydrogen) atoms. The van der Waals surface area contributed by atoms with Gasteiger partial charge in [-0.25, -0.2) is 0 Å². The Morgan fingerprint density at radius 1 is 0.978 bits per heavy atom. The number of nitrogens with zero attached hydrogens (tertiary/aromatic N) is 2. The van der Waals surface area contributed by atoms with E-state index in [0.717, 1.165) is 22.4 Å². The third-order valence-corrected chi connectivity index (χ3v) is 10.4. The van der Waals surface area contributed by atoms with E-state index in [1.165, 1.54) is 13.8 Å². The van der Waals surface area contributed by atoms with E-state index >= 15 is 0 Å². The Bertz CT molecular complexity index is 1530. The van der Waals surface area contributed by atoms with Crippen molar-refractivity contribution < 1.29 is 42.8 Å². The molecule has 2 aliphatic heterocycles. The van der Waals surface area contributed by atoms with E-state index in [-0.39, 0.29) is 36.7 Å². The van der Waals surface area contributed by atoms with Crippen LogP contribution in [-0.2, 0) is 50.3 Å². The molecule has 12 nitrogen and oxygen atoms in total. The highest BCUT2D eigenvalue weighted by Gasteiger charge is 2.72. The summed E-state index contributed by atoms with van der Waals surface area (Å²) >= 11 is 0. The number of methoxy groups -OCH3 is 1. The maximum Gasteiger partial charge on any atom is 0.307 e. The lowest BCUT2D eigenvalue weighted by Crippen LogP contribution is -2.67. The van der Waals surface area contributed by atoms with Crippen LogP contribution in [0, 0.1) is 17.3 Å². The van der Waals surface area contributed by atoms with Gasteiger partial charge in [0.1, 0.15) is 11.5 Å². The second kappa shape index (κ2) is 11.4. The molecule has 0 unspecified atom stereocenters. The highest BCUT2D eigenvalue weighted by molar-refractivity contribution is 6.05. The molecule has 0 aromatic heterocycles. The van der Waals surface area contributed by atoms with Crippen LogP contribution in [0.25, 0.3) is 0 Å². The summed E-state index contributed by atoms with van der Waals surface area (Å²) in [6.07, 6.45) is 1.22. The first kappa shape index (κ1) is 32.6. The molecule has 2 amide bonds. The van der Waals surface area contributed by atoms with Gasteiger partial charge in [-0.3, -0.25) is 19.7 Å². The van der Waals surface area contributed by atoms with Crippen LogP contribution in [0.15, 0.2) is 34.6 Å². The molecule has 2 fully saturated rings. The molecule has 1 aromatic carbocycles. The Balaban J connectivity index is 1.73. The summed E-state index contributed by atoms with van der Waals surface area (Å²) in [6.45, 7) is 7.51. The highest BCUT2D eigenvalue weighted by Crippen LogP contribution is 2.68. The predicted molar refractivity (Wildman–Crippen MR) is 167 cm³/mol. The first-order chi connectivity index (χ1) is 21.7. The van der Waals surface area contributed by atoms with Gasteiger partial charge in [-0.2, -0.15) is 0 Å². The van der Waals surface area contributed by atoms with Gasteiger partial charge in [0, 0.05) is 45.2 Å². The van der Waals surface area contributed by atoms with Crippen LogP contribution in [-0.4, -0.2) is 96.2 Å². The Kier molecular flexibility index (Phi) is 8.12. The second-order valence-corrected chi connectivity index (χ2v) is 13.4. The highest BCUT2D eigenvalue weighted by atomic mass is 16.7. The van der Waals surface area contributed by atoms with E-state index in [0.29, 0.717) is 43.1 Å². The first-order valence-corrected chi connectivity index (χ1v) is 15.8. The SMILES string of the molecule is COc1ccc(N(C)C)c2c1C1(OCCO1)C1=C(OC(C)=O)[C@@]3(C)[C@@H](C[C@@H]1C2)[C@H](N(C)C)C(C)=C(C(=O)NC(C)=O)C31OCCO1. The smallest absolute Gasteiger partial charge is 0.307 e. The van der Waals surface area contributed by atoms with Gasteiger partial charge in [0.2, 0.25) is 17.5 Å². The molecule has 2 heterocycles. The van der Waals surface area contributed by atoms with Crippen molar-refractivity contribution >= 4 is 23.5 Å². The molecule has 0 radical (unpaired) electrons. The summed E-state index contributed by atoms with van der Waals surface area (Å²) in [7, 11) is 9.54. The Hall–Kier alpha value is -3.29. The van der Waals surface area contributed by atoms with Gasteiger partial charge in [0.05, 0.1) is 50.1 Å². The number of esters is 1. The Morgan fingerprint density at radius 2 is 1.61 bits per heavy atom. The number of imide groups is 1. The van der Waals surface area contributed by atoms with E-state index in [9.17, 15) is 14.4 Å². The summed E-state index contributed by atoms with van der Waals surface area (Å²) in [4.78, 5) is 43.5. The minimum atomic E-state index is -1.67. The van der Waals surface area contributed by atoms with Gasteiger partial charge < -0.3 is 38.2 Å². The standard InChI is InChI=1S/C34H45N3O9/c1-18-26(31(40)35-19(2)38)34(44-14-15-45-34)32(4)23(29(18)37(7)8)17-21-16-22-24(36(5)6)10-11-25(41-9)28(22)33(42-12-13-43-33)27(21)30(32)46-20(3)39/h10-11,21,23,29H,12-17H2,1-9H3,(H,35,38,40)/t21-,23-,29+,32+/m0/s1. The molecule has 12 heteroatoms. The minimum absolute atomic E-state index is 0.176. The van der Waals surface area contributed by atoms with Crippen LogP contribution in [0.2, 0.25) is 0 Å². The second-order valence-electron chi connectivity index (χ2n) is 13.4. The van der Waals surface area contributed by atoms with E-state index in [1.807, 2.05) is 54.2 Å². The number of amides is 2. The van der Waals surface area contributed by atoms with Gasteiger partial charge in [-0.15, -0.1) is 0 Å². The lowest BCUT2D eigenvalue weighted by Gasteiger charge is -2.61. The number of hydrogen-bond donors (Lipinski definition) is 1. The fourth-order valence-electron chi connectivity index (χ4n) is 9.03. The van der Waals surface area contributed by atoms with Gasteiger partial charge >= 0.3 is 5.97 Å². The van der Waals surface area contributed by atoms with Gasteiger partial charge in [-0.1, -0.05) is 0 Å². The van der Waals surface area contributed by atoms with Gasteiger partial charge in [0.25, 0.3) is 5.91 Å². The van der Waals surface area contributed by atoms with Gasteiger partial charge in [-0.05, 0) is 75.9 Å². The fourth-order valence-corrected chi connectivity index (χ4v) is 9.03. The average molecular weight is 640 g/mol. The average Bonchev–Trinajstić information content (AvgIpc) is 3.65. The molecule has 2 saturated heterocycles. The number of likely N-dealkylation sites (N-methyl/N-ethyl adjacent to an activating group) is 1. The van der Waals surface area contributed by atoms with Crippen molar-refractivity contribution in [3.8, 4) is 5.75 Å². The zero-order valence-electron chi connectivity index (χ0n) is 28.2. The Labute approximate surface area is 269 Å². The van der Waals surface area contributed by atoms with Crippen molar-refractivity contribution in [3.63, 3.8) is 0 Å². The van der Waals surface area contributed by atoms with E-state index < -0.39 is 34.8 Å². The summed E-state index contributed by atoms with van der Waals surface area (Å²) in [5.41, 5.74) is 3.15. The summed E-state index contributed by atoms with van der Waals surface area (Å²) < 4.78 is 38.8. The van der Waals surface area contributed by atoms with Crippen molar-refractivity contribution in [1.29, 1.82) is 0 Å². The number of ether oxygens (including phenoxy) is 6. The third kappa shape index (κ3) is 4.41. The van der Waals surface area contributed by atoms with Crippen LogP contribution in [0.3, 0.4) is 0 Å². The number of carbonyl (C=O) groups is 3. The van der Waals surface area contributed by atoms with E-state index in [4.69, 9.17) is 28.4 Å². The van der Waals surface area contributed by atoms with Crippen LogP contribution >= 0.6 is 0 Å². The summed E-state index contributed by atoms with van der Waals surface area (Å²) in [5.74, 6) is -4.29. The molecule has 1 aromatic rings. The topological polar surface area (TPSA) is 125 Å². The molecular formula is C34H45N3O9. The van der Waals surface area contributed by atoms with Crippen molar-refractivity contribution in [1.82, 2.24) is 10.2 Å². The maximum atomic E-state index is 14.0. The number of benzene rings is 1. The zero-order chi connectivity index (χ0) is 33.3. The largest absolute Gasteiger partial charge is 0.496 e. The molecule has 5 aliphatic rings. The number of anilines is 1. The van der Waals surface area contributed by atoms with Crippen molar-refractivity contribution in [2.24, 2.45) is 17.3 Å². The zero-order valence-corrected chi connectivity index (χ0v) is 28.2. The summed E-state index contributed by atoms with van der Waals surface area (Å²) in [5, 5.41) is 2.46. The lowest BCUT2D eigenvalue weighted by atomic mass is 9.50. The molecule has 250 valence electrons. The number of nitrogens with one attached hydrogen (secondary N) is 1. The number of carbonyl (C=O) groups excluding carboxylic acids is 3. The lowest BCUT2D eigenvalue weighted by molar-refractivity contribution is -0.243. The molecular weight excluding hydrogens is 594 g/mol. The molecule has 0 saturated carbocycles. The molecule has 2 spiro atoms. The first-order valence-electron chi connectivity index (χ1n) is 15.8.